The summed E-state index contributed by atoms with van der Waals surface area (Å²) in [6.45, 7) is 1.58. The van der Waals surface area contributed by atoms with Crippen LogP contribution in [-0.4, -0.2) is 37.6 Å². The Labute approximate surface area is 170 Å². The maximum atomic E-state index is 11.9. The van der Waals surface area contributed by atoms with E-state index < -0.39 is 11.9 Å². The molecule has 0 saturated heterocycles. The van der Waals surface area contributed by atoms with E-state index in [9.17, 15) is 14.4 Å². The molecule has 6 heteroatoms. The number of amides is 1. The molecule has 2 rings (SSSR count). The molecular formula is C23H25NO5. The van der Waals surface area contributed by atoms with Crippen molar-refractivity contribution in [3.05, 3.63) is 77.4 Å². The standard InChI is InChI=1S/C23H25NO5/c1-17(8-9-18-6-4-3-5-7-18)24-21(25)16-29-22(26)15-12-19-10-13-20(14-11-19)23(27)28-2/h3-7,10-15,17H,8-9,16H2,1-2H3,(H,24,25)/b15-12+/t17-/m0/s1. The average Bonchev–Trinajstić information content (AvgIpc) is 2.75. The van der Waals surface area contributed by atoms with E-state index in [1.165, 1.54) is 18.7 Å². The summed E-state index contributed by atoms with van der Waals surface area (Å²) in [6.07, 6.45) is 4.44. The van der Waals surface area contributed by atoms with Gasteiger partial charge in [0.25, 0.3) is 5.91 Å². The molecule has 1 N–H and O–H groups in total. The predicted molar refractivity (Wildman–Crippen MR) is 110 cm³/mol. The molecule has 1 amide bonds. The van der Waals surface area contributed by atoms with Crippen LogP contribution in [-0.2, 0) is 25.5 Å². The highest BCUT2D eigenvalue weighted by Crippen LogP contribution is 2.08. The molecule has 0 aliphatic rings. The fraction of sp³-hybridized carbons (Fsp3) is 0.261. The number of esters is 2. The zero-order chi connectivity index (χ0) is 21.1. The molecule has 0 radical (unpaired) electrons. The molecule has 152 valence electrons. The second-order valence-electron chi connectivity index (χ2n) is 6.55. The van der Waals surface area contributed by atoms with E-state index in [1.807, 2.05) is 37.3 Å². The molecule has 0 aromatic heterocycles. The number of carbonyl (C=O) groups is 3. The molecule has 2 aromatic rings. The second-order valence-corrected chi connectivity index (χ2v) is 6.55. The van der Waals surface area contributed by atoms with E-state index in [0.29, 0.717) is 11.1 Å². The van der Waals surface area contributed by atoms with Crippen molar-refractivity contribution >= 4 is 23.9 Å². The first-order valence-corrected chi connectivity index (χ1v) is 9.34. The Bertz CT molecular complexity index is 843. The summed E-state index contributed by atoms with van der Waals surface area (Å²) in [4.78, 5) is 35.1. The Morgan fingerprint density at radius 3 is 2.38 bits per heavy atom. The van der Waals surface area contributed by atoms with Gasteiger partial charge in [-0.15, -0.1) is 0 Å². The molecule has 0 aliphatic heterocycles. The zero-order valence-corrected chi connectivity index (χ0v) is 16.6. The van der Waals surface area contributed by atoms with Crippen molar-refractivity contribution < 1.29 is 23.9 Å². The first-order valence-electron chi connectivity index (χ1n) is 9.34. The number of hydrogen-bond donors (Lipinski definition) is 1. The predicted octanol–water partition coefficient (Wildman–Crippen LogP) is 3.17. The minimum atomic E-state index is -0.617. The highest BCUT2D eigenvalue weighted by molar-refractivity contribution is 5.91. The summed E-state index contributed by atoms with van der Waals surface area (Å²) in [5, 5.41) is 2.82. The van der Waals surface area contributed by atoms with Gasteiger partial charge in [-0.2, -0.15) is 0 Å². The molecular weight excluding hydrogens is 370 g/mol. The highest BCUT2D eigenvalue weighted by atomic mass is 16.5. The molecule has 0 heterocycles. The lowest BCUT2D eigenvalue weighted by Gasteiger charge is -2.13. The maximum Gasteiger partial charge on any atom is 0.337 e. The Balaban J connectivity index is 1.70. The van der Waals surface area contributed by atoms with Gasteiger partial charge in [0.15, 0.2) is 6.61 Å². The van der Waals surface area contributed by atoms with Crippen LogP contribution in [0, 0.1) is 0 Å². The van der Waals surface area contributed by atoms with Gasteiger partial charge in [0.2, 0.25) is 0 Å². The molecule has 1 atom stereocenters. The van der Waals surface area contributed by atoms with Crippen LogP contribution in [0.2, 0.25) is 0 Å². The lowest BCUT2D eigenvalue weighted by Crippen LogP contribution is -2.36. The summed E-state index contributed by atoms with van der Waals surface area (Å²) >= 11 is 0. The molecule has 0 spiro atoms. The fourth-order valence-corrected chi connectivity index (χ4v) is 2.61. The van der Waals surface area contributed by atoms with E-state index in [2.05, 4.69) is 10.1 Å². The van der Waals surface area contributed by atoms with E-state index >= 15 is 0 Å². The number of carbonyl (C=O) groups excluding carboxylic acids is 3. The van der Waals surface area contributed by atoms with Crippen molar-refractivity contribution in [3.63, 3.8) is 0 Å². The largest absolute Gasteiger partial charge is 0.465 e. The van der Waals surface area contributed by atoms with Crippen LogP contribution in [0.1, 0.15) is 34.8 Å². The van der Waals surface area contributed by atoms with E-state index in [0.717, 1.165) is 12.8 Å². The Hall–Kier alpha value is -3.41. The van der Waals surface area contributed by atoms with Crippen molar-refractivity contribution in [2.45, 2.75) is 25.8 Å². The number of aryl methyl sites for hydroxylation is 1. The Kier molecular flexibility index (Phi) is 8.63. The molecule has 6 nitrogen and oxygen atoms in total. The van der Waals surface area contributed by atoms with E-state index in [1.54, 1.807) is 30.3 Å². The fourth-order valence-electron chi connectivity index (χ4n) is 2.61. The number of methoxy groups -OCH3 is 1. The summed E-state index contributed by atoms with van der Waals surface area (Å²) < 4.78 is 9.58. The van der Waals surface area contributed by atoms with E-state index in [4.69, 9.17) is 4.74 Å². The molecule has 0 aliphatic carbocycles. The molecule has 0 saturated carbocycles. The van der Waals surface area contributed by atoms with Gasteiger partial charge in [-0.25, -0.2) is 9.59 Å². The summed E-state index contributed by atoms with van der Waals surface area (Å²) in [5.41, 5.74) is 2.35. The first kappa shape index (κ1) is 21.9. The normalized spacial score (nSPS) is 11.7. The minimum absolute atomic E-state index is 0.0229. The van der Waals surface area contributed by atoms with Crippen molar-refractivity contribution in [1.82, 2.24) is 5.32 Å². The van der Waals surface area contributed by atoms with E-state index in [-0.39, 0.29) is 18.6 Å². The van der Waals surface area contributed by atoms with Gasteiger partial charge >= 0.3 is 11.9 Å². The van der Waals surface area contributed by atoms with Gasteiger partial charge in [0, 0.05) is 12.1 Å². The van der Waals surface area contributed by atoms with Gasteiger partial charge in [0.05, 0.1) is 12.7 Å². The monoisotopic (exact) mass is 395 g/mol. The minimum Gasteiger partial charge on any atom is -0.465 e. The maximum absolute atomic E-state index is 11.9. The van der Waals surface area contributed by atoms with Crippen LogP contribution >= 0.6 is 0 Å². The number of nitrogens with one attached hydrogen (secondary N) is 1. The van der Waals surface area contributed by atoms with Crippen LogP contribution in [0.5, 0.6) is 0 Å². The first-order chi connectivity index (χ1) is 14.0. The molecule has 2 aromatic carbocycles. The highest BCUT2D eigenvalue weighted by Gasteiger charge is 2.09. The van der Waals surface area contributed by atoms with Gasteiger partial charge in [-0.1, -0.05) is 42.5 Å². The quantitative estimate of drug-likeness (QED) is 0.521. The van der Waals surface area contributed by atoms with Crippen molar-refractivity contribution in [2.24, 2.45) is 0 Å². The molecule has 0 fully saturated rings. The van der Waals surface area contributed by atoms with Crippen LogP contribution in [0.3, 0.4) is 0 Å². The third kappa shape index (κ3) is 8.01. The lowest BCUT2D eigenvalue weighted by molar-refractivity contribution is -0.144. The Morgan fingerprint density at radius 1 is 1.03 bits per heavy atom. The third-order valence-electron chi connectivity index (χ3n) is 4.21. The SMILES string of the molecule is COC(=O)c1ccc(/C=C/C(=O)OCC(=O)N[C@@H](C)CCc2ccccc2)cc1. The third-order valence-corrected chi connectivity index (χ3v) is 4.21. The number of hydrogen-bond acceptors (Lipinski definition) is 5. The Morgan fingerprint density at radius 2 is 1.72 bits per heavy atom. The average molecular weight is 395 g/mol. The van der Waals surface area contributed by atoms with Gasteiger partial charge in [-0.3, -0.25) is 4.79 Å². The van der Waals surface area contributed by atoms with Crippen LogP contribution in [0.4, 0.5) is 0 Å². The van der Waals surface area contributed by atoms with Gasteiger partial charge in [-0.05, 0) is 49.1 Å². The smallest absolute Gasteiger partial charge is 0.337 e. The molecule has 29 heavy (non-hydrogen) atoms. The van der Waals surface area contributed by atoms with Gasteiger partial charge in [0.1, 0.15) is 0 Å². The van der Waals surface area contributed by atoms with Crippen molar-refractivity contribution in [1.29, 1.82) is 0 Å². The lowest BCUT2D eigenvalue weighted by atomic mass is 10.1. The van der Waals surface area contributed by atoms with Crippen LogP contribution < -0.4 is 5.32 Å². The molecule has 0 unspecified atom stereocenters. The second kappa shape index (κ2) is 11.4. The van der Waals surface area contributed by atoms with Crippen molar-refractivity contribution in [2.75, 3.05) is 13.7 Å². The summed E-state index contributed by atoms with van der Waals surface area (Å²) in [5.74, 6) is -1.38. The summed E-state index contributed by atoms with van der Waals surface area (Å²) in [7, 11) is 1.31. The number of ether oxygens (including phenoxy) is 2. The van der Waals surface area contributed by atoms with Gasteiger partial charge < -0.3 is 14.8 Å². The number of benzene rings is 2. The summed E-state index contributed by atoms with van der Waals surface area (Å²) in [6, 6.07) is 16.6. The topological polar surface area (TPSA) is 81.7 Å². The zero-order valence-electron chi connectivity index (χ0n) is 16.6. The number of rotatable bonds is 9. The van der Waals surface area contributed by atoms with Crippen molar-refractivity contribution in [3.8, 4) is 0 Å². The van der Waals surface area contributed by atoms with Crippen LogP contribution in [0.15, 0.2) is 60.7 Å². The van der Waals surface area contributed by atoms with Crippen LogP contribution in [0.25, 0.3) is 6.08 Å². The molecule has 0 bridgehead atoms.